The van der Waals surface area contributed by atoms with E-state index >= 15 is 0 Å². The maximum Gasteiger partial charge on any atom is 0.264 e. The molecule has 0 saturated heterocycles. The number of hydrogen-bond acceptors (Lipinski definition) is 8. The van der Waals surface area contributed by atoms with Crippen molar-refractivity contribution in [2.24, 2.45) is 0 Å². The minimum atomic E-state index is 0.0683. The number of aromatic nitrogens is 3. The standard InChI is InChI=1S/C17H14N4O4/c1-22-14-7-11(8-18)3-5-13(14)24-10-16-20-17(21-25-16)12-4-6-15(23-2)19-9-12/h3-7,9H,10H2,1-2H3. The summed E-state index contributed by atoms with van der Waals surface area (Å²) in [6.07, 6.45) is 1.60. The van der Waals surface area contributed by atoms with Gasteiger partial charge in [0.25, 0.3) is 5.89 Å². The zero-order valence-electron chi connectivity index (χ0n) is 13.6. The molecular formula is C17H14N4O4. The van der Waals surface area contributed by atoms with Crippen LogP contribution in [-0.2, 0) is 6.61 Å². The Morgan fingerprint density at radius 3 is 2.68 bits per heavy atom. The van der Waals surface area contributed by atoms with Crippen LogP contribution in [0.5, 0.6) is 17.4 Å². The third-order valence-electron chi connectivity index (χ3n) is 3.32. The molecular weight excluding hydrogens is 324 g/mol. The first-order valence-electron chi connectivity index (χ1n) is 7.27. The number of hydrogen-bond donors (Lipinski definition) is 0. The van der Waals surface area contributed by atoms with Crippen molar-refractivity contribution in [3.05, 3.63) is 48.0 Å². The van der Waals surface area contributed by atoms with Gasteiger partial charge < -0.3 is 18.7 Å². The molecule has 8 heteroatoms. The van der Waals surface area contributed by atoms with Crippen molar-refractivity contribution in [2.75, 3.05) is 14.2 Å². The summed E-state index contributed by atoms with van der Waals surface area (Å²) >= 11 is 0. The van der Waals surface area contributed by atoms with Gasteiger partial charge in [-0.1, -0.05) is 5.16 Å². The van der Waals surface area contributed by atoms with Gasteiger partial charge in [0.1, 0.15) is 0 Å². The van der Waals surface area contributed by atoms with E-state index in [-0.39, 0.29) is 6.61 Å². The fourth-order valence-corrected chi connectivity index (χ4v) is 2.06. The second kappa shape index (κ2) is 7.31. The Labute approximate surface area is 143 Å². The highest BCUT2D eigenvalue weighted by molar-refractivity contribution is 5.53. The highest BCUT2D eigenvalue weighted by Crippen LogP contribution is 2.28. The predicted octanol–water partition coefficient (Wildman–Crippen LogP) is 2.60. The normalized spacial score (nSPS) is 10.1. The average molecular weight is 338 g/mol. The number of benzene rings is 1. The fourth-order valence-electron chi connectivity index (χ4n) is 2.06. The molecule has 25 heavy (non-hydrogen) atoms. The molecule has 0 aliphatic carbocycles. The summed E-state index contributed by atoms with van der Waals surface area (Å²) in [5, 5.41) is 12.8. The Morgan fingerprint density at radius 2 is 2.00 bits per heavy atom. The minimum Gasteiger partial charge on any atom is -0.493 e. The number of methoxy groups -OCH3 is 2. The first-order chi connectivity index (χ1) is 12.2. The lowest BCUT2D eigenvalue weighted by Crippen LogP contribution is -1.98. The summed E-state index contributed by atoms with van der Waals surface area (Å²) in [7, 11) is 3.05. The Morgan fingerprint density at radius 1 is 1.12 bits per heavy atom. The van der Waals surface area contributed by atoms with E-state index in [1.165, 1.54) is 7.11 Å². The van der Waals surface area contributed by atoms with Gasteiger partial charge in [-0.15, -0.1) is 0 Å². The molecule has 0 aliphatic heterocycles. The lowest BCUT2D eigenvalue weighted by Gasteiger charge is -2.08. The van der Waals surface area contributed by atoms with Gasteiger partial charge in [-0.3, -0.25) is 0 Å². The molecule has 2 aromatic heterocycles. The molecule has 8 nitrogen and oxygen atoms in total. The van der Waals surface area contributed by atoms with Gasteiger partial charge in [0.2, 0.25) is 11.7 Å². The first-order valence-corrected chi connectivity index (χ1v) is 7.27. The summed E-state index contributed by atoms with van der Waals surface area (Å²) in [5.74, 6) is 2.15. The van der Waals surface area contributed by atoms with E-state index in [1.54, 1.807) is 43.6 Å². The molecule has 0 fully saturated rings. The molecule has 3 rings (SSSR count). The van der Waals surface area contributed by atoms with E-state index in [2.05, 4.69) is 15.1 Å². The lowest BCUT2D eigenvalue weighted by molar-refractivity contribution is 0.233. The molecule has 2 heterocycles. The van der Waals surface area contributed by atoms with Crippen LogP contribution in [0.2, 0.25) is 0 Å². The number of nitrogens with zero attached hydrogens (tertiary/aromatic N) is 4. The van der Waals surface area contributed by atoms with Crippen LogP contribution in [0.3, 0.4) is 0 Å². The third kappa shape index (κ3) is 3.67. The zero-order chi connectivity index (χ0) is 17.6. The topological polar surface area (TPSA) is 103 Å². The van der Waals surface area contributed by atoms with Crippen molar-refractivity contribution >= 4 is 0 Å². The van der Waals surface area contributed by atoms with Crippen LogP contribution in [0.4, 0.5) is 0 Å². The molecule has 0 aliphatic rings. The number of ether oxygens (including phenoxy) is 3. The summed E-state index contributed by atoms with van der Waals surface area (Å²) in [4.78, 5) is 8.36. The van der Waals surface area contributed by atoms with Gasteiger partial charge in [0.15, 0.2) is 18.1 Å². The van der Waals surface area contributed by atoms with E-state index < -0.39 is 0 Å². The molecule has 0 unspecified atom stereocenters. The van der Waals surface area contributed by atoms with E-state index in [0.717, 1.165) is 0 Å². The molecule has 0 bridgehead atoms. The second-order valence-corrected chi connectivity index (χ2v) is 4.87. The average Bonchev–Trinajstić information content (AvgIpc) is 3.15. The van der Waals surface area contributed by atoms with Crippen molar-refractivity contribution in [1.29, 1.82) is 5.26 Å². The van der Waals surface area contributed by atoms with Crippen molar-refractivity contribution in [3.8, 4) is 34.8 Å². The Balaban J connectivity index is 1.70. The molecule has 1 aromatic carbocycles. The van der Waals surface area contributed by atoms with Gasteiger partial charge in [0, 0.05) is 23.9 Å². The maximum absolute atomic E-state index is 8.91. The van der Waals surface area contributed by atoms with Crippen LogP contribution in [0.1, 0.15) is 11.5 Å². The number of nitriles is 1. The van der Waals surface area contributed by atoms with E-state index in [9.17, 15) is 0 Å². The van der Waals surface area contributed by atoms with Crippen molar-refractivity contribution in [1.82, 2.24) is 15.1 Å². The Hall–Kier alpha value is -3.60. The summed E-state index contributed by atoms with van der Waals surface area (Å²) in [5.41, 5.74) is 1.18. The highest BCUT2D eigenvalue weighted by atomic mass is 16.5. The summed E-state index contributed by atoms with van der Waals surface area (Å²) < 4.78 is 21.0. The van der Waals surface area contributed by atoms with Crippen LogP contribution in [0.15, 0.2) is 41.1 Å². The minimum absolute atomic E-state index is 0.0683. The molecule has 0 radical (unpaired) electrons. The van der Waals surface area contributed by atoms with Gasteiger partial charge in [-0.05, 0) is 18.2 Å². The maximum atomic E-state index is 8.91. The van der Waals surface area contributed by atoms with E-state index in [0.29, 0.717) is 40.2 Å². The number of rotatable bonds is 6. The fraction of sp³-hybridized carbons (Fsp3) is 0.176. The smallest absolute Gasteiger partial charge is 0.264 e. The Bertz CT molecular complexity index is 900. The van der Waals surface area contributed by atoms with Crippen LogP contribution < -0.4 is 14.2 Å². The second-order valence-electron chi connectivity index (χ2n) is 4.87. The van der Waals surface area contributed by atoms with Crippen LogP contribution >= 0.6 is 0 Å². The number of pyridine rings is 1. The van der Waals surface area contributed by atoms with Crippen LogP contribution in [-0.4, -0.2) is 29.3 Å². The zero-order valence-corrected chi connectivity index (χ0v) is 13.6. The SMILES string of the molecule is COc1ccc(-c2noc(COc3ccc(C#N)cc3OC)n2)cn1. The summed E-state index contributed by atoms with van der Waals surface area (Å²) in [6, 6.07) is 10.4. The van der Waals surface area contributed by atoms with Crippen molar-refractivity contribution in [3.63, 3.8) is 0 Å². The molecule has 126 valence electrons. The van der Waals surface area contributed by atoms with Gasteiger partial charge >= 0.3 is 0 Å². The third-order valence-corrected chi connectivity index (χ3v) is 3.32. The molecule has 0 amide bonds. The van der Waals surface area contributed by atoms with Crippen LogP contribution in [0.25, 0.3) is 11.4 Å². The predicted molar refractivity (Wildman–Crippen MR) is 86.1 cm³/mol. The Kier molecular flexibility index (Phi) is 4.76. The highest BCUT2D eigenvalue weighted by Gasteiger charge is 2.12. The van der Waals surface area contributed by atoms with E-state index in [1.807, 2.05) is 6.07 Å². The van der Waals surface area contributed by atoms with Crippen molar-refractivity contribution < 1.29 is 18.7 Å². The molecule has 0 saturated carbocycles. The van der Waals surface area contributed by atoms with Gasteiger partial charge in [-0.25, -0.2) is 4.98 Å². The van der Waals surface area contributed by atoms with Gasteiger partial charge in [0.05, 0.1) is 25.9 Å². The molecule has 0 N–H and O–H groups in total. The van der Waals surface area contributed by atoms with Crippen molar-refractivity contribution in [2.45, 2.75) is 6.61 Å². The molecule has 0 atom stereocenters. The van der Waals surface area contributed by atoms with Crippen LogP contribution in [0, 0.1) is 11.3 Å². The largest absolute Gasteiger partial charge is 0.493 e. The van der Waals surface area contributed by atoms with E-state index in [4.69, 9.17) is 24.0 Å². The monoisotopic (exact) mass is 338 g/mol. The quantitative estimate of drug-likeness (QED) is 0.675. The molecule has 3 aromatic rings. The lowest BCUT2D eigenvalue weighted by atomic mass is 10.2. The first kappa shape index (κ1) is 16.3. The van der Waals surface area contributed by atoms with Gasteiger partial charge in [-0.2, -0.15) is 10.2 Å². The molecule has 0 spiro atoms. The summed E-state index contributed by atoms with van der Waals surface area (Å²) in [6.45, 7) is 0.0683.